The van der Waals surface area contributed by atoms with Crippen LogP contribution in [0, 0.1) is 0 Å². The Morgan fingerprint density at radius 3 is 1.86 bits per heavy atom. The maximum atomic E-state index is 11.6. The number of rotatable bonds is 6. The molecule has 0 amide bonds. The smallest absolute Gasteiger partial charge is 0.306 e. The van der Waals surface area contributed by atoms with E-state index in [1.165, 1.54) is 0 Å². The molecule has 0 aromatic carbocycles. The zero-order chi connectivity index (χ0) is 16.7. The van der Waals surface area contributed by atoms with Crippen LogP contribution in [0.2, 0.25) is 0 Å². The van der Waals surface area contributed by atoms with Crippen LogP contribution in [-0.2, 0) is 33.3 Å². The average molecular weight is 318 g/mol. The number of hydrogen-bond donors (Lipinski definition) is 1. The van der Waals surface area contributed by atoms with E-state index in [1.54, 1.807) is 20.8 Å². The zero-order valence-electron chi connectivity index (χ0n) is 12.9. The van der Waals surface area contributed by atoms with Gasteiger partial charge < -0.3 is 24.1 Å². The van der Waals surface area contributed by atoms with Gasteiger partial charge in [-0.2, -0.15) is 0 Å². The summed E-state index contributed by atoms with van der Waals surface area (Å²) in [4.78, 5) is 34.5. The predicted octanol–water partition coefficient (Wildman–Crippen LogP) is 0.300. The summed E-state index contributed by atoms with van der Waals surface area (Å²) in [6, 6.07) is 0. The van der Waals surface area contributed by atoms with Gasteiger partial charge in [-0.05, 0) is 0 Å². The van der Waals surface area contributed by atoms with E-state index in [2.05, 4.69) is 0 Å². The average Bonchev–Trinajstić information content (AvgIpc) is 2.52. The first-order chi connectivity index (χ1) is 10.4. The summed E-state index contributed by atoms with van der Waals surface area (Å²) >= 11 is 0. The summed E-state index contributed by atoms with van der Waals surface area (Å²) in [7, 11) is 0. The van der Waals surface area contributed by atoms with Crippen LogP contribution < -0.4 is 0 Å². The van der Waals surface area contributed by atoms with Crippen molar-refractivity contribution < 1.29 is 38.4 Å². The van der Waals surface area contributed by atoms with Gasteiger partial charge in [0.15, 0.2) is 24.6 Å². The van der Waals surface area contributed by atoms with E-state index >= 15 is 0 Å². The van der Waals surface area contributed by atoms with Crippen molar-refractivity contribution in [1.29, 1.82) is 0 Å². The van der Waals surface area contributed by atoms with Gasteiger partial charge in [-0.1, -0.05) is 20.8 Å². The first-order valence-corrected chi connectivity index (χ1v) is 7.30. The molecule has 8 nitrogen and oxygen atoms in total. The summed E-state index contributed by atoms with van der Waals surface area (Å²) in [5.41, 5.74) is 0. The van der Waals surface area contributed by atoms with Crippen molar-refractivity contribution in [2.24, 2.45) is 0 Å². The molecule has 1 heterocycles. The van der Waals surface area contributed by atoms with Crippen molar-refractivity contribution in [3.8, 4) is 0 Å². The molecule has 0 aromatic heterocycles. The predicted molar refractivity (Wildman–Crippen MR) is 72.5 cm³/mol. The number of aliphatic hydroxyl groups is 1. The van der Waals surface area contributed by atoms with E-state index in [1.807, 2.05) is 0 Å². The number of carbonyl (C=O) groups is 3. The van der Waals surface area contributed by atoms with E-state index in [4.69, 9.17) is 18.9 Å². The maximum absolute atomic E-state index is 11.6. The highest BCUT2D eigenvalue weighted by Gasteiger charge is 2.46. The second kappa shape index (κ2) is 8.70. The van der Waals surface area contributed by atoms with E-state index in [0.717, 1.165) is 0 Å². The molecule has 126 valence electrons. The summed E-state index contributed by atoms with van der Waals surface area (Å²) < 4.78 is 20.5. The minimum Gasteiger partial charge on any atom is -0.456 e. The summed E-state index contributed by atoms with van der Waals surface area (Å²) in [5, 5.41) is 9.85. The van der Waals surface area contributed by atoms with Crippen LogP contribution in [0.25, 0.3) is 0 Å². The second-order valence-corrected chi connectivity index (χ2v) is 4.72. The van der Waals surface area contributed by atoms with Crippen molar-refractivity contribution in [2.75, 3.05) is 6.61 Å². The Morgan fingerprint density at radius 1 is 0.909 bits per heavy atom. The van der Waals surface area contributed by atoms with Crippen LogP contribution in [0.5, 0.6) is 0 Å². The molecule has 1 saturated heterocycles. The normalized spacial score (nSPS) is 27.8. The lowest BCUT2D eigenvalue weighted by molar-refractivity contribution is -0.268. The monoisotopic (exact) mass is 318 g/mol. The molecular formula is C14H22O8. The summed E-state index contributed by atoms with van der Waals surface area (Å²) in [6.07, 6.45) is -4.45. The Hall–Kier alpha value is -1.67. The lowest BCUT2D eigenvalue weighted by Gasteiger charge is -2.38. The molecule has 1 fully saturated rings. The molecule has 4 atom stereocenters. The second-order valence-electron chi connectivity index (χ2n) is 4.72. The zero-order valence-corrected chi connectivity index (χ0v) is 12.9. The largest absolute Gasteiger partial charge is 0.456 e. The number of hydrogen-bond acceptors (Lipinski definition) is 8. The fourth-order valence-corrected chi connectivity index (χ4v) is 1.85. The van der Waals surface area contributed by atoms with Gasteiger partial charge in [-0.15, -0.1) is 0 Å². The fourth-order valence-electron chi connectivity index (χ4n) is 1.85. The first-order valence-electron chi connectivity index (χ1n) is 7.30. The Labute approximate surface area is 128 Å². The summed E-state index contributed by atoms with van der Waals surface area (Å²) in [6.45, 7) is 4.63. The third-order valence-electron chi connectivity index (χ3n) is 3.09. The van der Waals surface area contributed by atoms with Gasteiger partial charge in [0, 0.05) is 19.3 Å². The molecule has 22 heavy (non-hydrogen) atoms. The van der Waals surface area contributed by atoms with E-state index < -0.39 is 42.5 Å². The number of esters is 3. The van der Waals surface area contributed by atoms with Crippen molar-refractivity contribution in [1.82, 2.24) is 0 Å². The van der Waals surface area contributed by atoms with Crippen molar-refractivity contribution in [3.05, 3.63) is 0 Å². The number of aliphatic hydroxyl groups excluding tert-OH is 1. The summed E-state index contributed by atoms with van der Waals surface area (Å²) in [5.74, 6) is -1.66. The van der Waals surface area contributed by atoms with Crippen molar-refractivity contribution in [2.45, 2.75) is 64.6 Å². The molecular weight excluding hydrogens is 296 g/mol. The molecule has 0 spiro atoms. The van der Waals surface area contributed by atoms with E-state index in [-0.39, 0.29) is 25.9 Å². The van der Waals surface area contributed by atoms with Crippen LogP contribution in [0.3, 0.4) is 0 Å². The number of carbonyl (C=O) groups excluding carboxylic acids is 3. The van der Waals surface area contributed by atoms with Crippen LogP contribution in [-0.4, -0.2) is 54.2 Å². The molecule has 4 unspecified atom stereocenters. The topological polar surface area (TPSA) is 108 Å². The third-order valence-corrected chi connectivity index (χ3v) is 3.09. The molecule has 0 bridgehead atoms. The molecule has 1 aliphatic heterocycles. The van der Waals surface area contributed by atoms with Gasteiger partial charge in [0.1, 0.15) is 0 Å². The molecule has 0 radical (unpaired) electrons. The Morgan fingerprint density at radius 2 is 1.36 bits per heavy atom. The fraction of sp³-hybridized carbons (Fsp3) is 0.786. The van der Waals surface area contributed by atoms with Crippen LogP contribution in [0.15, 0.2) is 0 Å². The highest BCUT2D eigenvalue weighted by molar-refractivity contribution is 5.71. The molecule has 8 heteroatoms. The third kappa shape index (κ3) is 4.96. The van der Waals surface area contributed by atoms with Gasteiger partial charge >= 0.3 is 17.9 Å². The Bertz CT molecular complexity index is 408. The molecule has 1 N–H and O–H groups in total. The van der Waals surface area contributed by atoms with Gasteiger partial charge in [-0.25, -0.2) is 0 Å². The molecule has 0 saturated carbocycles. The van der Waals surface area contributed by atoms with Gasteiger partial charge in [-0.3, -0.25) is 14.4 Å². The molecule has 1 rings (SSSR count). The molecule has 0 aromatic rings. The standard InChI is InChI=1S/C14H22O8/c1-4-9(15)20-8-7-19-14(18)13(22-11(17)6-3)12(8)21-10(16)5-2/h8,12-14,18H,4-7H2,1-3H3. The van der Waals surface area contributed by atoms with Crippen LogP contribution in [0.4, 0.5) is 0 Å². The highest BCUT2D eigenvalue weighted by atomic mass is 16.7. The minimum atomic E-state index is -1.46. The van der Waals surface area contributed by atoms with E-state index in [9.17, 15) is 19.5 Å². The SMILES string of the molecule is CCC(=O)OC1COC(O)C(OC(=O)CC)C1OC(=O)CC. The Balaban J connectivity index is 2.92. The van der Waals surface area contributed by atoms with Gasteiger partial charge in [0.25, 0.3) is 0 Å². The maximum Gasteiger partial charge on any atom is 0.306 e. The molecule has 1 aliphatic rings. The van der Waals surface area contributed by atoms with E-state index in [0.29, 0.717) is 0 Å². The lowest BCUT2D eigenvalue weighted by Crippen LogP contribution is -2.57. The van der Waals surface area contributed by atoms with Crippen molar-refractivity contribution >= 4 is 17.9 Å². The highest BCUT2D eigenvalue weighted by Crippen LogP contribution is 2.24. The quantitative estimate of drug-likeness (QED) is 0.550. The number of ether oxygens (including phenoxy) is 4. The minimum absolute atomic E-state index is 0.0804. The van der Waals surface area contributed by atoms with Crippen LogP contribution in [0.1, 0.15) is 40.0 Å². The van der Waals surface area contributed by atoms with Crippen LogP contribution >= 0.6 is 0 Å². The Kier molecular flexibility index (Phi) is 7.26. The lowest BCUT2D eigenvalue weighted by atomic mass is 10.0. The van der Waals surface area contributed by atoms with Crippen molar-refractivity contribution in [3.63, 3.8) is 0 Å². The van der Waals surface area contributed by atoms with Gasteiger partial charge in [0.05, 0.1) is 6.61 Å². The van der Waals surface area contributed by atoms with Gasteiger partial charge in [0.2, 0.25) is 0 Å². The first kappa shape index (κ1) is 18.4. The molecule has 0 aliphatic carbocycles.